The van der Waals surface area contributed by atoms with Gasteiger partial charge in [-0.05, 0) is 97.4 Å². The molecular weight excluding hydrogens is 1540 g/mol. The third-order valence-corrected chi connectivity index (χ3v) is 18.2. The highest BCUT2D eigenvalue weighted by Crippen LogP contribution is 2.40. The Morgan fingerprint density at radius 1 is 0.388 bits per heavy atom. The normalized spacial score (nSPS) is 23.1. The molecule has 11 rings (SSSR count). The molecule has 0 bridgehead atoms. The van der Waals surface area contributed by atoms with E-state index in [1.807, 2.05) is 0 Å². The molecule has 3 aliphatic rings. The van der Waals surface area contributed by atoms with Gasteiger partial charge in [-0.3, -0.25) is 9.35 Å². The topological polar surface area (TPSA) is 415 Å². The zero-order chi connectivity index (χ0) is 82.1. The fraction of sp³-hybridized carbons (Fsp3) is 0.289. The molecule has 2 N–H and O–H groups in total. The van der Waals surface area contributed by atoms with E-state index in [-0.39, 0.29) is 45.6 Å². The quantitative estimate of drug-likeness (QED) is 0.00970. The van der Waals surface area contributed by atoms with Crippen molar-refractivity contribution < 1.29 is 146 Å². The summed E-state index contributed by atoms with van der Waals surface area (Å²) < 4.78 is 144. The monoisotopic (exact) mass is 1620 g/mol. The predicted molar refractivity (Wildman–Crippen MR) is 398 cm³/mol. The van der Waals surface area contributed by atoms with Gasteiger partial charge in [0.25, 0.3) is 0 Å². The smallest absolute Gasteiger partial charge is 0.397 e. The summed E-state index contributed by atoms with van der Waals surface area (Å²) in [5.41, 5.74) is -0.475. The van der Waals surface area contributed by atoms with Crippen molar-refractivity contribution in [1.82, 2.24) is 0 Å². The van der Waals surface area contributed by atoms with Gasteiger partial charge in [-0.25, -0.2) is 47.5 Å². The van der Waals surface area contributed by atoms with Crippen molar-refractivity contribution in [2.75, 3.05) is 33.5 Å². The van der Waals surface area contributed by atoms with Crippen LogP contribution in [0.15, 0.2) is 248 Å². The largest absolute Gasteiger partial charge is 0.467 e. The molecule has 0 unspecified atom stereocenters. The summed E-state index contributed by atoms with van der Waals surface area (Å²) in [4.78, 5) is 148. The lowest BCUT2D eigenvalue weighted by Crippen LogP contribution is -2.69. The summed E-state index contributed by atoms with van der Waals surface area (Å²) in [6, 6.07) is 58.7. The molecule has 3 fully saturated rings. The van der Waals surface area contributed by atoms with Crippen molar-refractivity contribution >= 4 is 76.0 Å². The summed E-state index contributed by atoms with van der Waals surface area (Å²) >= 11 is 0. The van der Waals surface area contributed by atoms with Crippen molar-refractivity contribution in [3.63, 3.8) is 0 Å². The number of hydrogen-bond donors (Lipinski definition) is 2. The number of benzene rings is 8. The number of ketones is 1. The Kier molecular flexibility index (Phi) is 29.9. The van der Waals surface area contributed by atoms with E-state index in [9.17, 15) is 61.2 Å². The SMILES string of the molecule is COC(=O)[C@H]1O[C@@H](O[C@H]2[C@@H](OS(=O)(=O)O)[C@@H](COC(=O)c3ccccc3)O[C@@H](O[C@H]3[C@@H](OC(=O)c4ccccc4)[C@@H](COC(=O)c4ccccc4)O[C@@H](OCCN=C(O)OCc4ccccc4)[C@@H]3OC(=O)c3ccccc3)[C@@H]2OC(=O)c2ccccc2)[C@H](OC(=O)c2ccccc2)[C@@H](OC(=O)c2ccccc2)[C@@H]1OC(=O)CCC(C)=O. The van der Waals surface area contributed by atoms with E-state index in [0.29, 0.717) is 5.56 Å². The van der Waals surface area contributed by atoms with Gasteiger partial charge in [-0.15, -0.1) is 0 Å². The molecule has 0 aromatic heterocycles. The van der Waals surface area contributed by atoms with Crippen molar-refractivity contribution in [3.8, 4) is 0 Å². The first-order chi connectivity index (χ1) is 56.1. The van der Waals surface area contributed by atoms with E-state index < -0.39 is 207 Å². The van der Waals surface area contributed by atoms with E-state index in [1.165, 1.54) is 189 Å². The lowest BCUT2D eigenvalue weighted by molar-refractivity contribution is -0.375. The molecule has 0 amide bonds. The second kappa shape index (κ2) is 41.0. The number of carbonyl (C=O) groups excluding carboxylic acids is 10. The Morgan fingerprint density at radius 2 is 0.733 bits per heavy atom. The Hall–Kier alpha value is -12.4. The van der Waals surface area contributed by atoms with Gasteiger partial charge in [-0.2, -0.15) is 8.42 Å². The first-order valence-electron chi connectivity index (χ1n) is 36.0. The highest BCUT2D eigenvalue weighted by Gasteiger charge is 2.62. The van der Waals surface area contributed by atoms with Crippen LogP contribution in [0.2, 0.25) is 0 Å². The first kappa shape index (κ1) is 84.5. The van der Waals surface area contributed by atoms with E-state index in [4.69, 9.17) is 80.0 Å². The molecule has 15 atom stereocenters. The van der Waals surface area contributed by atoms with Crippen molar-refractivity contribution in [1.29, 1.82) is 0 Å². The zero-order valence-electron chi connectivity index (χ0n) is 61.8. The minimum absolute atomic E-state index is 0.00718. The maximum Gasteiger partial charge on any atom is 0.397 e. The maximum absolute atomic E-state index is 15.3. The number of rotatable bonds is 33. The Morgan fingerprint density at radius 3 is 1.14 bits per heavy atom. The molecule has 3 saturated heterocycles. The number of aliphatic hydroxyl groups excluding tert-OH is 1. The van der Waals surface area contributed by atoms with Crippen LogP contribution in [-0.4, -0.2) is 209 Å². The minimum Gasteiger partial charge on any atom is -0.467 e. The van der Waals surface area contributed by atoms with Crippen LogP contribution in [0.3, 0.4) is 0 Å². The number of carbonyl (C=O) groups is 10. The van der Waals surface area contributed by atoms with Gasteiger partial charge in [0.15, 0.2) is 61.6 Å². The number of hydrogen-bond acceptors (Lipinski definition) is 30. The first-order valence-corrected chi connectivity index (χ1v) is 37.4. The van der Waals surface area contributed by atoms with Gasteiger partial charge in [0.1, 0.15) is 56.1 Å². The molecule has 3 heterocycles. The Labute approximate surface area is 663 Å². The molecule has 0 radical (unpaired) electrons. The van der Waals surface area contributed by atoms with Crippen LogP contribution < -0.4 is 0 Å². The lowest BCUT2D eigenvalue weighted by atomic mass is 9.95. The summed E-state index contributed by atoms with van der Waals surface area (Å²) in [7, 11) is -5.13. The van der Waals surface area contributed by atoms with Crippen LogP contribution in [0.5, 0.6) is 0 Å². The number of ether oxygens (including phenoxy) is 16. The van der Waals surface area contributed by atoms with Crippen LogP contribution >= 0.6 is 0 Å². The number of aliphatic imine (C=N–C) groups is 1. The van der Waals surface area contributed by atoms with Crippen LogP contribution in [0.4, 0.5) is 0 Å². The molecule has 3 aliphatic heterocycles. The predicted octanol–water partition coefficient (Wildman–Crippen LogP) is 8.56. The van der Waals surface area contributed by atoms with Crippen molar-refractivity contribution in [2.24, 2.45) is 4.99 Å². The molecule has 0 aliphatic carbocycles. The molecular formula is C83H77NO31S. The van der Waals surface area contributed by atoms with E-state index in [2.05, 4.69) is 4.99 Å². The second-order valence-corrected chi connectivity index (χ2v) is 26.8. The average Bonchev–Trinajstić information content (AvgIpc) is 0.750. The Bertz CT molecular complexity index is 4790. The van der Waals surface area contributed by atoms with Crippen LogP contribution in [0.1, 0.15) is 97.8 Å². The van der Waals surface area contributed by atoms with Gasteiger partial charge < -0.3 is 85.7 Å². The highest BCUT2D eigenvalue weighted by atomic mass is 32.3. The highest BCUT2D eigenvalue weighted by molar-refractivity contribution is 7.80. The number of Topliss-reactive ketones (excluding diaryl/α,β-unsaturated/α-hetero) is 1. The Balaban J connectivity index is 1.12. The van der Waals surface area contributed by atoms with E-state index >= 15 is 4.79 Å². The maximum atomic E-state index is 15.3. The van der Waals surface area contributed by atoms with Crippen LogP contribution in [0.25, 0.3) is 0 Å². The summed E-state index contributed by atoms with van der Waals surface area (Å²) in [5.74, 6) is -11.5. The average molecular weight is 1620 g/mol. The molecule has 32 nitrogen and oxygen atoms in total. The summed E-state index contributed by atoms with van der Waals surface area (Å²) in [5, 5.41) is 10.9. The third kappa shape index (κ3) is 23.4. The minimum atomic E-state index is -5.99. The molecule has 0 saturated carbocycles. The lowest BCUT2D eigenvalue weighted by Gasteiger charge is -2.50. The van der Waals surface area contributed by atoms with E-state index in [1.54, 1.807) is 60.7 Å². The molecule has 8 aromatic carbocycles. The number of nitrogens with zero attached hydrogens (tertiary/aromatic N) is 1. The summed E-state index contributed by atoms with van der Waals surface area (Å²) in [6.45, 7) is -2.13. The molecule has 0 spiro atoms. The third-order valence-electron chi connectivity index (χ3n) is 17.7. The second-order valence-electron chi connectivity index (χ2n) is 25.8. The molecule has 116 heavy (non-hydrogen) atoms. The van der Waals surface area contributed by atoms with E-state index in [0.717, 1.165) is 7.11 Å². The number of methoxy groups -OCH3 is 1. The van der Waals surface area contributed by atoms with Crippen molar-refractivity contribution in [2.45, 2.75) is 118 Å². The van der Waals surface area contributed by atoms with Gasteiger partial charge in [0.2, 0.25) is 0 Å². The molecule has 8 aromatic rings. The fourth-order valence-electron chi connectivity index (χ4n) is 12.2. The van der Waals surface area contributed by atoms with Gasteiger partial charge in [0.05, 0.1) is 65.6 Å². The standard InChI is InChI=1S/C83H77NO31S/c1-50(85)43-44-61(86)106-66-67(108-75(90)55-35-19-7-20-36-55)71(111-78(93)58-41-25-10-26-42-58)82(114-68(66)79(94)99-2)113-65-63(115-116(96,97)98)60(49-102-73(88)53-31-15-5-16-32-53)105-81(70(65)110-77(92)57-39-23-9-24-40-57)112-64-62(107-74(89)54-33-17-6-18-34-54)59(48-101-72(87)52-29-13-4-14-30-52)104-80(69(64)109-76(91)56-37-21-8-22-38-56)100-46-45-84-83(95)103-47-51-27-11-3-12-28-51/h3-42,59-60,62-71,80-82H,43-49H2,1-2H3,(H,84,95)(H,96,97,98)/t59-,60-,62+,63+,64+,65+,66+,67+,68+,69-,70-,71-,80-,81+,82-/m1/s1. The number of esters is 9. The molecule has 33 heteroatoms. The fourth-order valence-corrected chi connectivity index (χ4v) is 12.7. The van der Waals surface area contributed by atoms with Gasteiger partial charge in [0, 0.05) is 6.42 Å². The van der Waals surface area contributed by atoms with Gasteiger partial charge >= 0.3 is 70.2 Å². The van der Waals surface area contributed by atoms with Crippen LogP contribution in [0, 0.1) is 0 Å². The zero-order valence-corrected chi connectivity index (χ0v) is 62.6. The number of aliphatic hydroxyl groups is 1. The van der Waals surface area contributed by atoms with Crippen LogP contribution in [-0.2, 0) is 111 Å². The summed E-state index contributed by atoms with van der Waals surface area (Å²) in [6.07, 6.45) is -37.4. The van der Waals surface area contributed by atoms with Gasteiger partial charge in [-0.1, -0.05) is 158 Å². The molecule has 606 valence electrons. The van der Waals surface area contributed by atoms with Crippen molar-refractivity contribution in [3.05, 3.63) is 287 Å².